The molecule has 0 aliphatic heterocycles. The summed E-state index contributed by atoms with van der Waals surface area (Å²) in [7, 11) is 0. The molecule has 0 saturated heterocycles. The number of aromatic amines is 1. The minimum Gasteiger partial charge on any atom is -0.446 e. The first kappa shape index (κ1) is 24.9. The van der Waals surface area contributed by atoms with E-state index in [0.717, 1.165) is 12.1 Å². The number of halogens is 6. The summed E-state index contributed by atoms with van der Waals surface area (Å²) in [6.45, 7) is 1.31. The standard InChI is InChI=1S/C21H14ClF5N4O3/c1-2-13-4-3-10(18(32)30-13)8-31-9-29-17(21(26,27)20(24)25)16(19(31)33)34-14-6-12(22)5-11(7-28)15(14)23/h3-6,9,20H,2,8H2,1H3,(H,30,32). The fourth-order valence-corrected chi connectivity index (χ4v) is 3.11. The third-order valence-electron chi connectivity index (χ3n) is 4.70. The van der Waals surface area contributed by atoms with E-state index in [2.05, 4.69) is 9.97 Å². The molecule has 0 atom stereocenters. The van der Waals surface area contributed by atoms with Crippen molar-refractivity contribution in [1.82, 2.24) is 14.5 Å². The summed E-state index contributed by atoms with van der Waals surface area (Å²) in [6.07, 6.45) is -3.22. The van der Waals surface area contributed by atoms with E-state index in [1.54, 1.807) is 13.0 Å². The molecule has 3 rings (SSSR count). The zero-order chi connectivity index (χ0) is 25.2. The van der Waals surface area contributed by atoms with Gasteiger partial charge < -0.3 is 9.72 Å². The number of aromatic nitrogens is 3. The molecule has 0 aliphatic carbocycles. The number of hydrogen-bond donors (Lipinski definition) is 1. The number of nitrogens with one attached hydrogen (secondary N) is 1. The Morgan fingerprint density at radius 3 is 2.59 bits per heavy atom. The number of nitriles is 1. The number of hydrogen-bond acceptors (Lipinski definition) is 5. The Bertz CT molecular complexity index is 1400. The van der Waals surface area contributed by atoms with E-state index in [1.807, 2.05) is 0 Å². The SMILES string of the molecule is CCc1ccc(Cn2cnc(C(F)(F)C(F)F)c(Oc3cc(Cl)cc(C#N)c3F)c2=O)c(=O)[nH]1. The average molecular weight is 501 g/mol. The van der Waals surface area contributed by atoms with Crippen molar-refractivity contribution in [1.29, 1.82) is 5.26 Å². The highest BCUT2D eigenvalue weighted by atomic mass is 35.5. The Morgan fingerprint density at radius 2 is 2.00 bits per heavy atom. The third-order valence-corrected chi connectivity index (χ3v) is 4.91. The van der Waals surface area contributed by atoms with Gasteiger partial charge in [0, 0.05) is 22.3 Å². The summed E-state index contributed by atoms with van der Waals surface area (Å²) >= 11 is 5.76. The second-order valence-electron chi connectivity index (χ2n) is 6.95. The van der Waals surface area contributed by atoms with E-state index in [9.17, 15) is 31.5 Å². The maximum absolute atomic E-state index is 14.5. The number of pyridine rings is 1. The molecule has 0 amide bonds. The maximum atomic E-state index is 14.5. The van der Waals surface area contributed by atoms with Crippen molar-refractivity contribution in [2.24, 2.45) is 0 Å². The van der Waals surface area contributed by atoms with E-state index < -0.39 is 58.6 Å². The molecule has 34 heavy (non-hydrogen) atoms. The van der Waals surface area contributed by atoms with Crippen LogP contribution in [-0.2, 0) is 18.9 Å². The molecule has 2 aromatic heterocycles. The lowest BCUT2D eigenvalue weighted by Crippen LogP contribution is -2.32. The Kier molecular flexibility index (Phi) is 7.07. The van der Waals surface area contributed by atoms with Gasteiger partial charge >= 0.3 is 12.3 Å². The van der Waals surface area contributed by atoms with Gasteiger partial charge in [0.15, 0.2) is 17.3 Å². The van der Waals surface area contributed by atoms with E-state index in [-0.39, 0.29) is 10.6 Å². The van der Waals surface area contributed by atoms with Crippen molar-refractivity contribution in [2.75, 3.05) is 0 Å². The van der Waals surface area contributed by atoms with Gasteiger partial charge in [0.05, 0.1) is 18.4 Å². The molecule has 2 heterocycles. The van der Waals surface area contributed by atoms with Crippen molar-refractivity contribution in [3.63, 3.8) is 0 Å². The number of aryl methyl sites for hydroxylation is 1. The highest BCUT2D eigenvalue weighted by Gasteiger charge is 2.48. The smallest absolute Gasteiger partial charge is 0.352 e. The van der Waals surface area contributed by atoms with Crippen LogP contribution >= 0.6 is 11.6 Å². The van der Waals surface area contributed by atoms with Gasteiger partial charge in [-0.2, -0.15) is 14.0 Å². The molecule has 0 fully saturated rings. The number of rotatable bonds is 7. The fourth-order valence-electron chi connectivity index (χ4n) is 2.90. The zero-order valence-corrected chi connectivity index (χ0v) is 18.0. The summed E-state index contributed by atoms with van der Waals surface area (Å²) in [5, 5.41) is 8.73. The molecule has 0 unspecified atom stereocenters. The molecule has 3 aromatic rings. The molecular formula is C21H14ClF5N4O3. The van der Waals surface area contributed by atoms with Crippen LogP contribution in [0.3, 0.4) is 0 Å². The molecule has 0 aliphatic rings. The van der Waals surface area contributed by atoms with E-state index in [4.69, 9.17) is 21.6 Å². The Hall–Kier alpha value is -3.72. The van der Waals surface area contributed by atoms with Crippen LogP contribution in [0.4, 0.5) is 22.0 Å². The predicted octanol–water partition coefficient (Wildman–Crippen LogP) is 4.36. The number of ether oxygens (including phenoxy) is 1. The highest BCUT2D eigenvalue weighted by molar-refractivity contribution is 6.30. The van der Waals surface area contributed by atoms with Gasteiger partial charge in [-0.05, 0) is 24.6 Å². The van der Waals surface area contributed by atoms with Gasteiger partial charge in [-0.3, -0.25) is 14.2 Å². The highest BCUT2D eigenvalue weighted by Crippen LogP contribution is 2.39. The van der Waals surface area contributed by atoms with Gasteiger partial charge in [0.1, 0.15) is 6.07 Å². The van der Waals surface area contributed by atoms with Crippen LogP contribution in [0.15, 0.2) is 40.2 Å². The quantitative estimate of drug-likeness (QED) is 0.486. The Morgan fingerprint density at radius 1 is 1.29 bits per heavy atom. The number of alkyl halides is 4. The lowest BCUT2D eigenvalue weighted by atomic mass is 10.2. The van der Waals surface area contributed by atoms with Gasteiger partial charge in [0.2, 0.25) is 5.75 Å². The monoisotopic (exact) mass is 500 g/mol. The molecule has 0 spiro atoms. The van der Waals surface area contributed by atoms with Crippen molar-refractivity contribution >= 4 is 11.6 Å². The second kappa shape index (κ2) is 9.64. The zero-order valence-electron chi connectivity index (χ0n) is 17.2. The summed E-state index contributed by atoms with van der Waals surface area (Å²) in [6, 6.07) is 6.09. The summed E-state index contributed by atoms with van der Waals surface area (Å²) in [4.78, 5) is 31.0. The van der Waals surface area contributed by atoms with Crippen LogP contribution < -0.4 is 15.9 Å². The summed E-state index contributed by atoms with van der Waals surface area (Å²) in [5.41, 5.74) is -3.74. The molecule has 7 nitrogen and oxygen atoms in total. The predicted molar refractivity (Wildman–Crippen MR) is 110 cm³/mol. The number of nitrogens with zero attached hydrogens (tertiary/aromatic N) is 3. The van der Waals surface area contributed by atoms with E-state index in [1.165, 1.54) is 12.1 Å². The van der Waals surface area contributed by atoms with Crippen LogP contribution in [0.25, 0.3) is 0 Å². The number of benzene rings is 1. The molecule has 0 bridgehead atoms. The lowest BCUT2D eigenvalue weighted by molar-refractivity contribution is -0.139. The Balaban J connectivity index is 2.18. The van der Waals surface area contributed by atoms with Crippen LogP contribution in [0, 0.1) is 17.1 Å². The number of H-pyrrole nitrogens is 1. The van der Waals surface area contributed by atoms with Gasteiger partial charge in [-0.15, -0.1) is 0 Å². The van der Waals surface area contributed by atoms with Gasteiger partial charge in [-0.25, -0.2) is 18.2 Å². The molecule has 0 saturated carbocycles. The topological polar surface area (TPSA) is 101 Å². The van der Waals surface area contributed by atoms with Gasteiger partial charge in [-0.1, -0.05) is 18.5 Å². The molecule has 1 N–H and O–H groups in total. The first-order valence-corrected chi connectivity index (χ1v) is 9.91. The minimum absolute atomic E-state index is 0.0288. The van der Waals surface area contributed by atoms with Gasteiger partial charge in [0.25, 0.3) is 11.1 Å². The Labute approximate surface area is 193 Å². The summed E-state index contributed by atoms with van der Waals surface area (Å²) in [5.74, 6) is -8.66. The van der Waals surface area contributed by atoms with Crippen LogP contribution in [-0.4, -0.2) is 21.0 Å². The van der Waals surface area contributed by atoms with Crippen LogP contribution in [0.1, 0.15) is 29.4 Å². The minimum atomic E-state index is -4.94. The largest absolute Gasteiger partial charge is 0.446 e. The first-order valence-electron chi connectivity index (χ1n) is 9.53. The molecular weight excluding hydrogens is 487 g/mol. The van der Waals surface area contributed by atoms with Crippen molar-refractivity contribution in [2.45, 2.75) is 32.2 Å². The average Bonchev–Trinajstić information content (AvgIpc) is 2.79. The van der Waals surface area contributed by atoms with E-state index in [0.29, 0.717) is 23.0 Å². The molecule has 0 radical (unpaired) electrons. The second-order valence-corrected chi connectivity index (χ2v) is 7.39. The normalized spacial score (nSPS) is 11.5. The molecule has 13 heteroatoms. The maximum Gasteiger partial charge on any atom is 0.352 e. The van der Waals surface area contributed by atoms with E-state index >= 15 is 0 Å². The van der Waals surface area contributed by atoms with Crippen LogP contribution in [0.5, 0.6) is 11.5 Å². The van der Waals surface area contributed by atoms with Crippen LogP contribution in [0.2, 0.25) is 5.02 Å². The summed E-state index contributed by atoms with van der Waals surface area (Å²) < 4.78 is 74.6. The van der Waals surface area contributed by atoms with Crippen molar-refractivity contribution in [3.8, 4) is 17.6 Å². The molecule has 1 aromatic carbocycles. The fraction of sp³-hybridized carbons (Fsp3) is 0.238. The first-order chi connectivity index (χ1) is 16.0. The van der Waals surface area contributed by atoms with Crippen molar-refractivity contribution in [3.05, 3.63) is 84.7 Å². The molecule has 178 valence electrons. The third kappa shape index (κ3) is 4.79. The van der Waals surface area contributed by atoms with Crippen molar-refractivity contribution < 1.29 is 26.7 Å². The lowest BCUT2D eigenvalue weighted by Gasteiger charge is -2.19.